The van der Waals surface area contributed by atoms with Crippen molar-refractivity contribution in [1.29, 1.82) is 0 Å². The van der Waals surface area contributed by atoms with Crippen molar-refractivity contribution in [2.45, 2.75) is 36.6 Å². The van der Waals surface area contributed by atoms with Crippen LogP contribution in [0.25, 0.3) is 0 Å². The lowest BCUT2D eigenvalue weighted by Gasteiger charge is -2.26. The van der Waals surface area contributed by atoms with Crippen molar-refractivity contribution in [2.24, 2.45) is 0 Å². The summed E-state index contributed by atoms with van der Waals surface area (Å²) in [5.41, 5.74) is 2.61. The van der Waals surface area contributed by atoms with E-state index in [-0.39, 0.29) is 11.9 Å². The van der Waals surface area contributed by atoms with Crippen LogP contribution in [-0.2, 0) is 17.8 Å². The number of carbonyl (C=O) groups excluding carboxylic acids is 1. The molecule has 0 radical (unpaired) electrons. The lowest BCUT2D eigenvalue weighted by molar-refractivity contribution is -0.123. The van der Waals surface area contributed by atoms with Gasteiger partial charge in [0.1, 0.15) is 0 Å². The van der Waals surface area contributed by atoms with Crippen molar-refractivity contribution in [3.05, 3.63) is 35.4 Å². The zero-order valence-electron chi connectivity index (χ0n) is 11.2. The minimum Gasteiger partial charge on any atom is -0.353 e. The predicted octanol–water partition coefficient (Wildman–Crippen LogP) is 1.71. The zero-order valence-corrected chi connectivity index (χ0v) is 12.1. The fourth-order valence-electron chi connectivity index (χ4n) is 2.60. The molecule has 19 heavy (non-hydrogen) atoms. The third kappa shape index (κ3) is 2.79. The normalized spacial score (nSPS) is 23.5. The number of fused-ring (bicyclic) bond motifs is 1. The second kappa shape index (κ2) is 5.17. The van der Waals surface area contributed by atoms with Gasteiger partial charge in [-0.05, 0) is 36.6 Å². The third-order valence-electron chi connectivity index (χ3n) is 4.22. The molecular weight excluding hydrogens is 256 g/mol. The van der Waals surface area contributed by atoms with Gasteiger partial charge in [0, 0.05) is 17.8 Å². The van der Waals surface area contributed by atoms with Crippen LogP contribution in [0.15, 0.2) is 24.3 Å². The Morgan fingerprint density at radius 3 is 2.84 bits per heavy atom. The summed E-state index contributed by atoms with van der Waals surface area (Å²) >= 11 is 1.88. The van der Waals surface area contributed by atoms with Gasteiger partial charge in [0.25, 0.3) is 0 Å². The van der Waals surface area contributed by atoms with Gasteiger partial charge in [0.2, 0.25) is 5.91 Å². The molecule has 1 heterocycles. The van der Waals surface area contributed by atoms with Crippen molar-refractivity contribution >= 4 is 17.7 Å². The first-order valence-corrected chi connectivity index (χ1v) is 8.08. The molecule has 1 fully saturated rings. The summed E-state index contributed by atoms with van der Waals surface area (Å²) in [5, 5.41) is 6.45. The summed E-state index contributed by atoms with van der Waals surface area (Å²) in [4.78, 5) is 12.2. The van der Waals surface area contributed by atoms with Gasteiger partial charge in [-0.2, -0.15) is 11.8 Å². The third-order valence-corrected chi connectivity index (χ3v) is 5.64. The zero-order chi connectivity index (χ0) is 13.3. The Labute approximate surface area is 118 Å². The second-order valence-corrected chi connectivity index (χ2v) is 6.79. The molecule has 0 spiro atoms. The van der Waals surface area contributed by atoms with Crippen molar-refractivity contribution < 1.29 is 4.79 Å². The molecule has 1 amide bonds. The molecule has 3 nitrogen and oxygen atoms in total. The predicted molar refractivity (Wildman–Crippen MR) is 79.3 cm³/mol. The molecule has 1 aliphatic heterocycles. The van der Waals surface area contributed by atoms with Gasteiger partial charge in [0.05, 0.1) is 6.04 Å². The maximum atomic E-state index is 12.2. The Hall–Kier alpha value is -1.00. The first-order valence-electron chi connectivity index (χ1n) is 6.85. The minimum absolute atomic E-state index is 0.0763. The molecule has 2 aliphatic rings. The van der Waals surface area contributed by atoms with Crippen LogP contribution in [0.1, 0.15) is 24.0 Å². The fraction of sp³-hybridized carbons (Fsp3) is 0.533. The maximum absolute atomic E-state index is 12.2. The summed E-state index contributed by atoms with van der Waals surface area (Å²) in [6.45, 7) is 1.61. The number of hydrogen-bond acceptors (Lipinski definition) is 3. The number of rotatable bonds is 4. The SMILES string of the molecule is CSC1(CNC(=O)[C@@H]2Cc3ccccc3CN2)CC1. The Morgan fingerprint density at radius 1 is 1.42 bits per heavy atom. The topological polar surface area (TPSA) is 41.1 Å². The minimum atomic E-state index is -0.0763. The van der Waals surface area contributed by atoms with E-state index < -0.39 is 0 Å². The summed E-state index contributed by atoms with van der Waals surface area (Å²) < 4.78 is 0.336. The molecule has 0 saturated heterocycles. The van der Waals surface area contributed by atoms with Gasteiger partial charge in [-0.1, -0.05) is 24.3 Å². The Balaban J connectivity index is 1.57. The van der Waals surface area contributed by atoms with E-state index in [9.17, 15) is 4.79 Å². The summed E-state index contributed by atoms with van der Waals surface area (Å²) in [5.74, 6) is 0.148. The molecule has 1 aromatic carbocycles. The largest absolute Gasteiger partial charge is 0.353 e. The Kier molecular flexibility index (Phi) is 3.54. The number of nitrogens with one attached hydrogen (secondary N) is 2. The number of amides is 1. The summed E-state index contributed by atoms with van der Waals surface area (Å²) in [6.07, 6.45) is 5.40. The molecule has 0 bridgehead atoms. The maximum Gasteiger partial charge on any atom is 0.237 e. The van der Waals surface area contributed by atoms with E-state index in [4.69, 9.17) is 0 Å². The van der Waals surface area contributed by atoms with Crippen LogP contribution in [0, 0.1) is 0 Å². The van der Waals surface area contributed by atoms with Crippen LogP contribution in [0.4, 0.5) is 0 Å². The highest BCUT2D eigenvalue weighted by molar-refractivity contribution is 8.00. The van der Waals surface area contributed by atoms with Gasteiger partial charge < -0.3 is 10.6 Å². The summed E-state index contributed by atoms with van der Waals surface area (Å²) in [7, 11) is 0. The van der Waals surface area contributed by atoms with E-state index in [2.05, 4.69) is 35.1 Å². The highest BCUT2D eigenvalue weighted by Gasteiger charge is 2.42. The van der Waals surface area contributed by atoms with Gasteiger partial charge in [-0.25, -0.2) is 0 Å². The number of carbonyl (C=O) groups is 1. The highest BCUT2D eigenvalue weighted by Crippen LogP contribution is 2.46. The van der Waals surface area contributed by atoms with Crippen LogP contribution in [0.5, 0.6) is 0 Å². The van der Waals surface area contributed by atoms with Crippen molar-refractivity contribution in [2.75, 3.05) is 12.8 Å². The van der Waals surface area contributed by atoms with Crippen molar-refractivity contribution in [3.63, 3.8) is 0 Å². The van der Waals surface area contributed by atoms with Crippen LogP contribution < -0.4 is 10.6 Å². The highest BCUT2D eigenvalue weighted by atomic mass is 32.2. The van der Waals surface area contributed by atoms with Crippen LogP contribution in [-0.4, -0.2) is 29.5 Å². The summed E-state index contributed by atoms with van der Waals surface area (Å²) in [6, 6.07) is 8.28. The first kappa shape index (κ1) is 13.0. The molecule has 1 aromatic rings. The van der Waals surface area contributed by atoms with E-state index >= 15 is 0 Å². The van der Waals surface area contributed by atoms with Crippen LogP contribution in [0.3, 0.4) is 0 Å². The van der Waals surface area contributed by atoms with Gasteiger partial charge in [-0.3, -0.25) is 4.79 Å². The number of hydrogen-bond donors (Lipinski definition) is 2. The molecule has 0 aromatic heterocycles. The van der Waals surface area contributed by atoms with Crippen LogP contribution in [0.2, 0.25) is 0 Å². The molecule has 1 saturated carbocycles. The molecule has 2 N–H and O–H groups in total. The lowest BCUT2D eigenvalue weighted by Crippen LogP contribution is -2.49. The van der Waals surface area contributed by atoms with Crippen molar-refractivity contribution in [3.8, 4) is 0 Å². The average molecular weight is 276 g/mol. The molecule has 1 atom stereocenters. The number of benzene rings is 1. The van der Waals surface area contributed by atoms with Gasteiger partial charge in [-0.15, -0.1) is 0 Å². The van der Waals surface area contributed by atoms with E-state index in [0.29, 0.717) is 4.75 Å². The quantitative estimate of drug-likeness (QED) is 0.880. The molecule has 4 heteroatoms. The van der Waals surface area contributed by atoms with Gasteiger partial charge in [0.15, 0.2) is 0 Å². The van der Waals surface area contributed by atoms with E-state index in [0.717, 1.165) is 19.5 Å². The smallest absolute Gasteiger partial charge is 0.237 e. The molecule has 102 valence electrons. The van der Waals surface area contributed by atoms with E-state index in [1.54, 1.807) is 0 Å². The Bertz CT molecular complexity index is 485. The standard InChI is InChI=1S/C15H20N2OS/c1-19-15(6-7-15)10-17-14(18)13-8-11-4-2-3-5-12(11)9-16-13/h2-5,13,16H,6-10H2,1H3,(H,17,18)/t13-/m0/s1. The molecule has 3 rings (SSSR count). The van der Waals surface area contributed by atoms with E-state index in [1.807, 2.05) is 17.8 Å². The van der Waals surface area contributed by atoms with Gasteiger partial charge >= 0.3 is 0 Å². The molecule has 1 aliphatic carbocycles. The fourth-order valence-corrected chi connectivity index (χ4v) is 3.33. The molecule has 0 unspecified atom stereocenters. The van der Waals surface area contributed by atoms with Crippen LogP contribution >= 0.6 is 11.8 Å². The molecular formula is C15H20N2OS. The van der Waals surface area contributed by atoms with Crippen molar-refractivity contribution in [1.82, 2.24) is 10.6 Å². The average Bonchev–Trinajstić information content (AvgIpc) is 3.25. The Morgan fingerprint density at radius 2 is 2.16 bits per heavy atom. The number of thioether (sulfide) groups is 1. The van der Waals surface area contributed by atoms with E-state index in [1.165, 1.54) is 24.0 Å². The second-order valence-electron chi connectivity index (χ2n) is 5.51. The first-order chi connectivity index (χ1) is 9.22. The lowest BCUT2D eigenvalue weighted by atomic mass is 9.95. The monoisotopic (exact) mass is 276 g/mol.